The maximum Gasteiger partial charge on any atom is 0.261 e. The summed E-state index contributed by atoms with van der Waals surface area (Å²) in [6, 6.07) is 14.1. The van der Waals surface area contributed by atoms with Crippen molar-refractivity contribution in [2.75, 3.05) is 0 Å². The van der Waals surface area contributed by atoms with E-state index in [2.05, 4.69) is 64.2 Å². The molecule has 0 unspecified atom stereocenters. The first-order valence-corrected chi connectivity index (χ1v) is 10.9. The number of hydrogen-bond acceptors (Lipinski definition) is 3. The maximum atomic E-state index is 13.1. The lowest BCUT2D eigenvalue weighted by Crippen LogP contribution is -2.45. The van der Waals surface area contributed by atoms with Crippen LogP contribution in [0.3, 0.4) is 0 Å². The average Bonchev–Trinajstić information content (AvgIpc) is 2.64. The molecule has 2 aromatic carbocycles. The van der Waals surface area contributed by atoms with Crippen molar-refractivity contribution < 1.29 is 14.3 Å². The highest BCUT2D eigenvalue weighted by atomic mass is 16.5. The third-order valence-electron chi connectivity index (χ3n) is 5.60. The predicted molar refractivity (Wildman–Crippen MR) is 121 cm³/mol. The summed E-state index contributed by atoms with van der Waals surface area (Å²) < 4.78 is 12.2. The molecule has 2 aromatic rings. The second kappa shape index (κ2) is 8.33. The molecule has 30 heavy (non-hydrogen) atoms. The van der Waals surface area contributed by atoms with E-state index < -0.39 is 6.10 Å². The summed E-state index contributed by atoms with van der Waals surface area (Å²) in [5, 5.41) is 3.21. The first-order chi connectivity index (χ1) is 14.0. The molecule has 1 N–H and O–H groups in total. The molecule has 1 amide bonds. The summed E-state index contributed by atoms with van der Waals surface area (Å²) in [4.78, 5) is 13.1. The Kier molecular flexibility index (Phi) is 6.16. The smallest absolute Gasteiger partial charge is 0.261 e. The second-order valence-electron chi connectivity index (χ2n) is 9.96. The summed E-state index contributed by atoms with van der Waals surface area (Å²) >= 11 is 0. The van der Waals surface area contributed by atoms with E-state index in [-0.39, 0.29) is 23.0 Å². The number of aryl methyl sites for hydroxylation is 1. The van der Waals surface area contributed by atoms with Gasteiger partial charge in [-0.1, -0.05) is 52.0 Å². The number of hydrogen-bond donors (Lipinski definition) is 1. The monoisotopic (exact) mass is 409 g/mol. The first-order valence-electron chi connectivity index (χ1n) is 10.9. The van der Waals surface area contributed by atoms with Gasteiger partial charge in [-0.15, -0.1) is 0 Å². The van der Waals surface area contributed by atoms with Crippen molar-refractivity contribution >= 4 is 5.91 Å². The molecule has 0 saturated heterocycles. The van der Waals surface area contributed by atoms with Gasteiger partial charge in [0.05, 0.1) is 6.04 Å². The Morgan fingerprint density at radius 3 is 2.47 bits per heavy atom. The van der Waals surface area contributed by atoms with E-state index in [0.717, 1.165) is 16.9 Å². The number of benzene rings is 2. The summed E-state index contributed by atoms with van der Waals surface area (Å²) in [5.41, 5.74) is 3.15. The minimum absolute atomic E-state index is 0.0850. The van der Waals surface area contributed by atoms with E-state index in [1.54, 1.807) is 0 Å². The molecule has 0 fully saturated rings. The van der Waals surface area contributed by atoms with Crippen LogP contribution in [0.2, 0.25) is 0 Å². The van der Waals surface area contributed by atoms with Gasteiger partial charge >= 0.3 is 0 Å². The molecule has 0 radical (unpaired) electrons. The second-order valence-corrected chi connectivity index (χ2v) is 9.96. The van der Waals surface area contributed by atoms with Gasteiger partial charge in [0.25, 0.3) is 5.91 Å². The minimum atomic E-state index is -0.537. The molecule has 0 bridgehead atoms. The van der Waals surface area contributed by atoms with Crippen molar-refractivity contribution in [3.8, 4) is 11.5 Å². The summed E-state index contributed by atoms with van der Waals surface area (Å²) in [6.45, 7) is 14.7. The van der Waals surface area contributed by atoms with Crippen LogP contribution in [0.5, 0.6) is 11.5 Å². The zero-order valence-electron chi connectivity index (χ0n) is 19.3. The number of rotatable bonds is 5. The van der Waals surface area contributed by atoms with Crippen LogP contribution in [-0.2, 0) is 10.2 Å². The fourth-order valence-electron chi connectivity index (χ4n) is 3.87. The molecule has 162 valence electrons. The zero-order chi connectivity index (χ0) is 22.1. The van der Waals surface area contributed by atoms with Gasteiger partial charge in [-0.05, 0) is 61.9 Å². The quantitative estimate of drug-likeness (QED) is 0.672. The average molecular weight is 410 g/mol. The van der Waals surface area contributed by atoms with Crippen LogP contribution < -0.4 is 14.8 Å². The number of carbonyl (C=O) groups excluding carboxylic acids is 1. The SMILES string of the molecule is CC[C@@H](Oc1ccc(C(C)(C)C)cc1)C(=O)N[C@@H]1CC(C)(C)Oc2cc(C)ccc21. The summed E-state index contributed by atoms with van der Waals surface area (Å²) in [7, 11) is 0. The van der Waals surface area contributed by atoms with E-state index in [4.69, 9.17) is 9.47 Å². The normalized spacial score (nSPS) is 18.7. The number of carbonyl (C=O) groups is 1. The van der Waals surface area contributed by atoms with E-state index in [1.165, 1.54) is 5.56 Å². The van der Waals surface area contributed by atoms with Gasteiger partial charge in [0.1, 0.15) is 17.1 Å². The molecule has 4 nitrogen and oxygen atoms in total. The third-order valence-corrected chi connectivity index (χ3v) is 5.60. The zero-order valence-corrected chi connectivity index (χ0v) is 19.3. The molecule has 3 rings (SSSR count). The minimum Gasteiger partial charge on any atom is -0.487 e. The fourth-order valence-corrected chi connectivity index (χ4v) is 3.87. The van der Waals surface area contributed by atoms with Crippen LogP contribution in [0.4, 0.5) is 0 Å². The summed E-state index contributed by atoms with van der Waals surface area (Å²) in [5.74, 6) is 1.48. The molecule has 1 aliphatic rings. The van der Waals surface area contributed by atoms with Gasteiger partial charge in [-0.2, -0.15) is 0 Å². The highest BCUT2D eigenvalue weighted by Gasteiger charge is 2.35. The fraction of sp³-hybridized carbons (Fsp3) is 0.500. The van der Waals surface area contributed by atoms with E-state index in [1.807, 2.05) is 32.0 Å². The van der Waals surface area contributed by atoms with Crippen molar-refractivity contribution in [1.82, 2.24) is 5.32 Å². The number of nitrogens with one attached hydrogen (secondary N) is 1. The Hall–Kier alpha value is -2.49. The van der Waals surface area contributed by atoms with Gasteiger partial charge in [0, 0.05) is 12.0 Å². The van der Waals surface area contributed by atoms with Gasteiger partial charge in [-0.3, -0.25) is 4.79 Å². The Morgan fingerprint density at radius 1 is 1.20 bits per heavy atom. The van der Waals surface area contributed by atoms with E-state index in [0.29, 0.717) is 18.6 Å². The van der Waals surface area contributed by atoms with Gasteiger partial charge in [0.2, 0.25) is 0 Å². The molecular weight excluding hydrogens is 374 g/mol. The van der Waals surface area contributed by atoms with Gasteiger partial charge in [-0.25, -0.2) is 0 Å². The molecule has 1 aliphatic heterocycles. The Morgan fingerprint density at radius 2 is 1.87 bits per heavy atom. The van der Waals surface area contributed by atoms with Crippen LogP contribution in [0.1, 0.15) is 77.1 Å². The molecule has 4 heteroatoms. The Bertz CT molecular complexity index is 893. The van der Waals surface area contributed by atoms with Crippen molar-refractivity contribution in [3.05, 3.63) is 59.2 Å². The maximum absolute atomic E-state index is 13.1. The lowest BCUT2D eigenvalue weighted by atomic mass is 9.87. The topological polar surface area (TPSA) is 47.6 Å². The predicted octanol–water partition coefficient (Wildman–Crippen LogP) is 5.87. The first kappa shape index (κ1) is 22.2. The molecule has 0 aromatic heterocycles. The third kappa shape index (κ3) is 5.16. The van der Waals surface area contributed by atoms with Crippen LogP contribution in [-0.4, -0.2) is 17.6 Å². The standard InChI is InChI=1S/C26H35NO3/c1-8-22(29-19-12-10-18(11-13-19)25(3,4)5)24(28)27-21-16-26(6,7)30-23-15-17(2)9-14-20(21)23/h9-15,21-22H,8,16H2,1-7H3,(H,27,28)/t21-,22-/m1/s1. The van der Waals surface area contributed by atoms with Crippen LogP contribution >= 0.6 is 0 Å². The van der Waals surface area contributed by atoms with E-state index >= 15 is 0 Å². The highest BCUT2D eigenvalue weighted by molar-refractivity contribution is 5.81. The van der Waals surface area contributed by atoms with Crippen molar-refractivity contribution in [2.45, 2.75) is 84.5 Å². The molecular formula is C26H35NO3. The molecule has 0 aliphatic carbocycles. The molecule has 0 spiro atoms. The van der Waals surface area contributed by atoms with Crippen molar-refractivity contribution in [2.24, 2.45) is 0 Å². The van der Waals surface area contributed by atoms with Crippen molar-refractivity contribution in [1.29, 1.82) is 0 Å². The lowest BCUT2D eigenvalue weighted by molar-refractivity contribution is -0.129. The number of ether oxygens (including phenoxy) is 2. The van der Waals surface area contributed by atoms with Crippen LogP contribution in [0.15, 0.2) is 42.5 Å². The Balaban J connectivity index is 1.74. The van der Waals surface area contributed by atoms with E-state index in [9.17, 15) is 4.79 Å². The molecule has 2 atom stereocenters. The summed E-state index contributed by atoms with van der Waals surface area (Å²) in [6.07, 6.45) is 0.775. The lowest BCUT2D eigenvalue weighted by Gasteiger charge is -2.38. The van der Waals surface area contributed by atoms with Gasteiger partial charge in [0.15, 0.2) is 6.10 Å². The van der Waals surface area contributed by atoms with Crippen LogP contribution in [0, 0.1) is 6.92 Å². The van der Waals surface area contributed by atoms with Crippen LogP contribution in [0.25, 0.3) is 0 Å². The molecule has 0 saturated carbocycles. The number of amides is 1. The van der Waals surface area contributed by atoms with Crippen molar-refractivity contribution in [3.63, 3.8) is 0 Å². The Labute approximate surface area is 181 Å². The molecule has 1 heterocycles. The highest BCUT2D eigenvalue weighted by Crippen LogP contribution is 2.40. The van der Waals surface area contributed by atoms with Gasteiger partial charge < -0.3 is 14.8 Å². The largest absolute Gasteiger partial charge is 0.487 e. The number of fused-ring (bicyclic) bond motifs is 1.